The van der Waals surface area contributed by atoms with Crippen LogP contribution in [0.4, 0.5) is 5.69 Å². The van der Waals surface area contributed by atoms with Crippen LogP contribution in [0.3, 0.4) is 0 Å². The number of benzene rings is 2. The van der Waals surface area contributed by atoms with E-state index in [9.17, 15) is 0 Å². The highest BCUT2D eigenvalue weighted by Gasteiger charge is 2.25. The average Bonchev–Trinajstić information content (AvgIpc) is 3.24. The largest absolute Gasteiger partial charge is 0.288 e. The number of hydrogen-bond acceptors (Lipinski definition) is 3. The van der Waals surface area contributed by atoms with Gasteiger partial charge in [-0.25, -0.2) is 9.67 Å². The highest BCUT2D eigenvalue weighted by Crippen LogP contribution is 2.45. The lowest BCUT2D eigenvalue weighted by Crippen LogP contribution is -2.18. The number of allylic oxidation sites excluding steroid dienone is 2. The highest BCUT2D eigenvalue weighted by molar-refractivity contribution is 9.20. The molecule has 1 aliphatic rings. The Hall–Kier alpha value is -1.89. The topological polar surface area (TPSA) is 34.0 Å². The van der Waals surface area contributed by atoms with Crippen molar-refractivity contribution in [3.63, 3.8) is 0 Å². The maximum atomic E-state index is 4.25. The van der Waals surface area contributed by atoms with Crippen molar-refractivity contribution < 1.29 is 0 Å². The van der Waals surface area contributed by atoms with Crippen LogP contribution >= 0.6 is 39.0 Å². The maximum Gasteiger partial charge on any atom is 0.137 e. The van der Waals surface area contributed by atoms with Crippen molar-refractivity contribution in [1.82, 2.24) is 14.8 Å². The molecule has 4 rings (SSSR count). The first-order valence-electron chi connectivity index (χ1n) is 7.53. The minimum atomic E-state index is -0.203. The molecule has 1 aromatic heterocycles. The molecule has 25 heavy (non-hydrogen) atoms. The molecule has 1 atom stereocenters. The van der Waals surface area contributed by atoms with E-state index in [2.05, 4.69) is 84.9 Å². The third-order valence-corrected chi connectivity index (χ3v) is 6.82. The molecule has 1 unspecified atom stereocenters. The van der Waals surface area contributed by atoms with Gasteiger partial charge >= 0.3 is 0 Å². The summed E-state index contributed by atoms with van der Waals surface area (Å²) in [6, 6.07) is 21.0. The van der Waals surface area contributed by atoms with E-state index in [4.69, 9.17) is 0 Å². The summed E-state index contributed by atoms with van der Waals surface area (Å²) in [5.41, 5.74) is 2.36. The van der Waals surface area contributed by atoms with Crippen LogP contribution in [0.1, 0.15) is 0 Å². The van der Waals surface area contributed by atoms with Crippen LogP contribution in [-0.4, -0.2) is 18.5 Å². The van der Waals surface area contributed by atoms with Gasteiger partial charge in [-0.2, -0.15) is 5.10 Å². The first-order valence-corrected chi connectivity index (χ1v) is 9.50. The fourth-order valence-electron chi connectivity index (χ4n) is 2.64. The summed E-state index contributed by atoms with van der Waals surface area (Å²) in [5, 5.41) is 4.25. The summed E-state index contributed by atoms with van der Waals surface area (Å²) in [6.07, 6.45) is 5.51. The van der Waals surface area contributed by atoms with Gasteiger partial charge in [-0.15, -0.1) is 12.4 Å². The van der Waals surface area contributed by atoms with Crippen molar-refractivity contribution in [2.75, 3.05) is 4.31 Å². The van der Waals surface area contributed by atoms with Crippen LogP contribution in [0, 0.1) is 0 Å². The number of para-hydroxylation sites is 1. The molecule has 2 heterocycles. The molecule has 0 N–H and O–H groups in total. The van der Waals surface area contributed by atoms with E-state index < -0.39 is 0 Å². The molecule has 0 bridgehead atoms. The summed E-state index contributed by atoms with van der Waals surface area (Å²) in [4.78, 5) is 5.32. The van der Waals surface area contributed by atoms with Crippen LogP contribution < -0.4 is 4.31 Å². The van der Waals surface area contributed by atoms with Gasteiger partial charge in [0, 0.05) is 4.90 Å². The normalized spacial score (nSPS) is 16.5. The first-order chi connectivity index (χ1) is 11.8. The van der Waals surface area contributed by atoms with Crippen molar-refractivity contribution in [2.24, 2.45) is 0 Å². The van der Waals surface area contributed by atoms with Gasteiger partial charge in [0.25, 0.3) is 0 Å². The molecule has 0 fully saturated rings. The molecule has 0 saturated carbocycles. The first kappa shape index (κ1) is 17.9. The zero-order valence-electron chi connectivity index (χ0n) is 13.2. The van der Waals surface area contributed by atoms with Gasteiger partial charge < -0.3 is 0 Å². The van der Waals surface area contributed by atoms with Gasteiger partial charge in [0.2, 0.25) is 0 Å². The van der Waals surface area contributed by atoms with Gasteiger partial charge in [-0.3, -0.25) is 4.31 Å². The fourth-order valence-corrected chi connectivity index (χ4v) is 5.85. The molecule has 0 radical (unpaired) electrons. The van der Waals surface area contributed by atoms with Crippen molar-refractivity contribution in [3.05, 3.63) is 85.1 Å². The minimum Gasteiger partial charge on any atom is -0.288 e. The van der Waals surface area contributed by atoms with Gasteiger partial charge in [0.1, 0.15) is 12.7 Å². The van der Waals surface area contributed by atoms with Crippen molar-refractivity contribution in [2.45, 2.75) is 11.4 Å². The standard InChI is InChI=1S/C18H15BrN4S.ClH/c19-18-11-16(12-22-14-20-13-21-22)23(15-7-3-1-4-8-15)24(18)17-9-5-2-6-10-17;/h1-11,13-14H,12H2;1H. The van der Waals surface area contributed by atoms with Crippen LogP contribution in [0.2, 0.25) is 0 Å². The van der Waals surface area contributed by atoms with E-state index in [1.54, 1.807) is 12.7 Å². The van der Waals surface area contributed by atoms with Crippen molar-refractivity contribution in [3.8, 4) is 0 Å². The van der Waals surface area contributed by atoms with Crippen LogP contribution in [-0.2, 0) is 6.54 Å². The Morgan fingerprint density at radius 3 is 2.28 bits per heavy atom. The average molecular weight is 436 g/mol. The van der Waals surface area contributed by atoms with Gasteiger partial charge in [-0.05, 0) is 56.9 Å². The number of hydrogen-bond donors (Lipinski definition) is 0. The second-order valence-electron chi connectivity index (χ2n) is 5.26. The molecule has 0 aliphatic carbocycles. The smallest absolute Gasteiger partial charge is 0.137 e. The Morgan fingerprint density at radius 2 is 1.64 bits per heavy atom. The summed E-state index contributed by atoms with van der Waals surface area (Å²) in [7, 11) is -0.203. The van der Waals surface area contributed by atoms with E-state index >= 15 is 0 Å². The summed E-state index contributed by atoms with van der Waals surface area (Å²) in [6.45, 7) is 0.681. The monoisotopic (exact) mass is 434 g/mol. The van der Waals surface area contributed by atoms with Crippen molar-refractivity contribution in [1.29, 1.82) is 0 Å². The third-order valence-electron chi connectivity index (χ3n) is 3.66. The predicted molar refractivity (Wildman–Crippen MR) is 111 cm³/mol. The predicted octanol–water partition coefficient (Wildman–Crippen LogP) is 4.87. The Balaban J connectivity index is 0.00000182. The van der Waals surface area contributed by atoms with Crippen LogP contribution in [0.5, 0.6) is 0 Å². The number of rotatable bonds is 4. The molecule has 0 saturated heterocycles. The molecule has 7 heteroatoms. The lowest BCUT2D eigenvalue weighted by atomic mass is 10.3. The minimum absolute atomic E-state index is 0. The highest BCUT2D eigenvalue weighted by atomic mass is 79.9. The Morgan fingerprint density at radius 1 is 0.960 bits per heavy atom. The van der Waals surface area contributed by atoms with E-state index in [-0.39, 0.29) is 23.1 Å². The summed E-state index contributed by atoms with van der Waals surface area (Å²) in [5.74, 6) is 0. The Labute approximate surface area is 163 Å². The summed E-state index contributed by atoms with van der Waals surface area (Å²) >= 11 is 3.79. The van der Waals surface area contributed by atoms with E-state index in [0.29, 0.717) is 6.54 Å². The Bertz CT molecular complexity index is 895. The number of halogens is 2. The molecular weight excluding hydrogens is 420 g/mol. The van der Waals surface area contributed by atoms with Gasteiger partial charge in [-0.1, -0.05) is 36.4 Å². The number of aromatic nitrogens is 3. The zero-order chi connectivity index (χ0) is 16.4. The van der Waals surface area contributed by atoms with Crippen molar-refractivity contribution >= 4 is 48.5 Å². The number of anilines is 1. The molecule has 2 aromatic carbocycles. The molecule has 4 nitrogen and oxygen atoms in total. The third kappa shape index (κ3) is 3.71. The molecule has 0 spiro atoms. The fraction of sp³-hybridized carbons (Fsp3) is 0.0556. The summed E-state index contributed by atoms with van der Waals surface area (Å²) < 4.78 is 5.40. The van der Waals surface area contributed by atoms with Crippen LogP contribution in [0.25, 0.3) is 0 Å². The quantitative estimate of drug-likeness (QED) is 0.433. The van der Waals surface area contributed by atoms with Gasteiger partial charge in [0.15, 0.2) is 0 Å². The molecule has 1 aliphatic heterocycles. The lowest BCUT2D eigenvalue weighted by molar-refractivity contribution is 0.672. The molecule has 0 amide bonds. The lowest BCUT2D eigenvalue weighted by Gasteiger charge is -2.27. The molecule has 3 aromatic rings. The van der Waals surface area contributed by atoms with Crippen LogP contribution in [0.15, 0.2) is 90.0 Å². The molecule has 128 valence electrons. The van der Waals surface area contributed by atoms with Gasteiger partial charge in [0.05, 0.1) is 21.7 Å². The second-order valence-corrected chi connectivity index (χ2v) is 8.49. The SMILES string of the molecule is BrC1=S(c2ccccc2)N(c2ccccc2)C(Cn2cncn2)=C1.Cl. The maximum absolute atomic E-state index is 4.25. The number of nitrogens with zero attached hydrogens (tertiary/aromatic N) is 4. The second kappa shape index (κ2) is 7.99. The van der Waals surface area contributed by atoms with E-state index in [1.807, 2.05) is 16.8 Å². The Kier molecular flexibility index (Phi) is 5.73. The zero-order valence-corrected chi connectivity index (χ0v) is 16.4. The molecular formula is C18H16BrClN4S. The van der Waals surface area contributed by atoms with E-state index in [1.165, 1.54) is 20.1 Å². The van der Waals surface area contributed by atoms with E-state index in [0.717, 1.165) is 0 Å².